The molecule has 1 aromatic rings. The Balaban J connectivity index is 2.24. The first kappa shape index (κ1) is 17.3. The zero-order chi connectivity index (χ0) is 16.5. The largest absolute Gasteiger partial charge is 0.394 e. The van der Waals surface area contributed by atoms with Gasteiger partial charge in [0.25, 0.3) is 10.1 Å². The van der Waals surface area contributed by atoms with E-state index in [0.29, 0.717) is 0 Å². The lowest BCUT2D eigenvalue weighted by atomic mass is 9.99. The van der Waals surface area contributed by atoms with Crippen molar-refractivity contribution in [3.05, 3.63) is 29.8 Å². The summed E-state index contributed by atoms with van der Waals surface area (Å²) < 4.78 is 34.0. The van der Waals surface area contributed by atoms with Crippen LogP contribution in [0.15, 0.2) is 29.2 Å². The van der Waals surface area contributed by atoms with Gasteiger partial charge in [-0.05, 0) is 19.1 Å². The molecule has 0 spiro atoms. The van der Waals surface area contributed by atoms with E-state index in [-0.39, 0.29) is 4.90 Å². The second-order valence-electron chi connectivity index (χ2n) is 5.06. The van der Waals surface area contributed by atoms with Crippen LogP contribution >= 0.6 is 0 Å². The monoisotopic (exact) mass is 334 g/mol. The maximum Gasteiger partial charge on any atom is 0.297 e. The summed E-state index contributed by atoms with van der Waals surface area (Å²) >= 11 is 0. The van der Waals surface area contributed by atoms with Crippen LogP contribution in [0.5, 0.6) is 0 Å². The average Bonchev–Trinajstić information content (AvgIpc) is 2.48. The van der Waals surface area contributed by atoms with E-state index in [4.69, 9.17) is 14.0 Å². The Kier molecular flexibility index (Phi) is 5.17. The minimum atomic E-state index is -4.27. The molecule has 22 heavy (non-hydrogen) atoms. The summed E-state index contributed by atoms with van der Waals surface area (Å²) in [5, 5.41) is 38.2. The van der Waals surface area contributed by atoms with Crippen LogP contribution in [0.25, 0.3) is 0 Å². The molecule has 1 aliphatic rings. The lowest BCUT2D eigenvalue weighted by Gasteiger charge is -2.39. The molecule has 1 fully saturated rings. The first-order valence-corrected chi connectivity index (χ1v) is 7.97. The third-order valence-corrected chi connectivity index (χ3v) is 4.71. The predicted octanol–water partition coefficient (Wildman–Crippen LogP) is -1.50. The van der Waals surface area contributed by atoms with Crippen molar-refractivity contribution in [2.45, 2.75) is 42.5 Å². The molecule has 124 valence electrons. The molecule has 1 heterocycles. The molecule has 0 aromatic heterocycles. The van der Waals surface area contributed by atoms with Crippen LogP contribution in [-0.4, -0.2) is 66.2 Å². The number of ether oxygens (including phenoxy) is 1. The number of rotatable bonds is 4. The lowest BCUT2D eigenvalue weighted by Crippen LogP contribution is -2.59. The third-order valence-electron chi connectivity index (χ3n) is 3.39. The van der Waals surface area contributed by atoms with Gasteiger partial charge in [0.15, 0.2) is 6.29 Å². The zero-order valence-corrected chi connectivity index (χ0v) is 12.5. The molecule has 0 bridgehead atoms. The predicted molar refractivity (Wildman–Crippen MR) is 73.2 cm³/mol. The molecular weight excluding hydrogens is 316 g/mol. The Bertz CT molecular complexity index is 599. The number of benzene rings is 1. The number of aliphatic hydroxyl groups excluding tert-OH is 4. The van der Waals surface area contributed by atoms with Crippen LogP contribution in [0, 0.1) is 6.92 Å². The maximum atomic E-state index is 12.2. The number of aliphatic hydroxyl groups is 4. The summed E-state index contributed by atoms with van der Waals surface area (Å²) in [5.74, 6) is 0. The third kappa shape index (κ3) is 3.46. The minimum absolute atomic E-state index is 0.154. The van der Waals surface area contributed by atoms with Crippen molar-refractivity contribution in [3.63, 3.8) is 0 Å². The van der Waals surface area contributed by atoms with E-state index >= 15 is 0 Å². The maximum absolute atomic E-state index is 12.2. The van der Waals surface area contributed by atoms with E-state index in [9.17, 15) is 23.7 Å². The van der Waals surface area contributed by atoms with Gasteiger partial charge in [-0.2, -0.15) is 8.42 Å². The smallest absolute Gasteiger partial charge is 0.297 e. The van der Waals surface area contributed by atoms with Gasteiger partial charge in [-0.25, -0.2) is 0 Å². The molecule has 9 heteroatoms. The molecule has 0 amide bonds. The van der Waals surface area contributed by atoms with Crippen LogP contribution < -0.4 is 0 Å². The van der Waals surface area contributed by atoms with Gasteiger partial charge in [-0.3, -0.25) is 4.18 Å². The molecule has 0 saturated carbocycles. The normalized spacial score (nSPS) is 32.9. The fourth-order valence-electron chi connectivity index (χ4n) is 2.09. The lowest BCUT2D eigenvalue weighted by molar-refractivity contribution is -0.281. The number of hydrogen-bond donors (Lipinski definition) is 4. The Morgan fingerprint density at radius 3 is 2.27 bits per heavy atom. The Morgan fingerprint density at radius 2 is 1.73 bits per heavy atom. The fraction of sp³-hybridized carbons (Fsp3) is 0.538. The van der Waals surface area contributed by atoms with Crippen molar-refractivity contribution in [1.82, 2.24) is 0 Å². The molecule has 2 rings (SSSR count). The van der Waals surface area contributed by atoms with Crippen LogP contribution in [-0.2, 0) is 19.0 Å². The molecular formula is C13H18O8S. The van der Waals surface area contributed by atoms with E-state index in [1.54, 1.807) is 19.1 Å². The van der Waals surface area contributed by atoms with E-state index < -0.39 is 47.4 Å². The van der Waals surface area contributed by atoms with Crippen LogP contribution in [0.4, 0.5) is 0 Å². The van der Waals surface area contributed by atoms with Gasteiger partial charge in [0.1, 0.15) is 24.4 Å². The van der Waals surface area contributed by atoms with Gasteiger partial charge in [0.2, 0.25) is 0 Å². The van der Waals surface area contributed by atoms with Gasteiger partial charge in [-0.1, -0.05) is 17.7 Å². The second-order valence-corrected chi connectivity index (χ2v) is 6.63. The van der Waals surface area contributed by atoms with E-state index in [0.717, 1.165) is 5.56 Å². The highest BCUT2D eigenvalue weighted by atomic mass is 32.2. The summed E-state index contributed by atoms with van der Waals surface area (Å²) in [6.07, 6.45) is -8.11. The van der Waals surface area contributed by atoms with E-state index in [1.807, 2.05) is 0 Å². The first-order valence-electron chi connectivity index (χ1n) is 6.57. The van der Waals surface area contributed by atoms with Gasteiger partial charge in [-0.15, -0.1) is 0 Å². The molecule has 1 saturated heterocycles. The van der Waals surface area contributed by atoms with Crippen molar-refractivity contribution in [2.24, 2.45) is 0 Å². The fourth-order valence-corrected chi connectivity index (χ4v) is 3.19. The Hall–Kier alpha value is -1.07. The molecule has 0 radical (unpaired) electrons. The topological polar surface area (TPSA) is 134 Å². The van der Waals surface area contributed by atoms with Crippen molar-refractivity contribution < 1.29 is 37.8 Å². The van der Waals surface area contributed by atoms with Gasteiger partial charge >= 0.3 is 0 Å². The molecule has 1 aromatic carbocycles. The van der Waals surface area contributed by atoms with Crippen LogP contribution in [0.1, 0.15) is 5.56 Å². The van der Waals surface area contributed by atoms with Crippen LogP contribution in [0.2, 0.25) is 0 Å². The van der Waals surface area contributed by atoms with Crippen molar-refractivity contribution in [1.29, 1.82) is 0 Å². The molecule has 8 nitrogen and oxygen atoms in total. The quantitative estimate of drug-likeness (QED) is 0.489. The van der Waals surface area contributed by atoms with Gasteiger partial charge in [0.05, 0.1) is 11.5 Å². The van der Waals surface area contributed by atoms with Gasteiger partial charge < -0.3 is 25.2 Å². The van der Waals surface area contributed by atoms with E-state index in [2.05, 4.69) is 0 Å². The number of aryl methyl sites for hydroxylation is 1. The standard InChI is InChI=1S/C13H18O8S/c1-7-2-4-8(5-3-7)22(18,19)21-12-10(15)9(6-14)20-13(17)11(12)16/h2-5,9-17H,6H2,1H3/t9-,10-,11-,12+,13?/m1/s1. The Labute approximate surface area is 127 Å². The molecule has 1 aliphatic heterocycles. The SMILES string of the molecule is Cc1ccc(S(=O)(=O)O[C@H]2[C@H](O)[C@@H](CO)OC(O)[C@@H]2O)cc1. The Morgan fingerprint density at radius 1 is 1.14 bits per heavy atom. The highest BCUT2D eigenvalue weighted by Crippen LogP contribution is 2.26. The zero-order valence-electron chi connectivity index (χ0n) is 11.7. The van der Waals surface area contributed by atoms with E-state index in [1.165, 1.54) is 12.1 Å². The molecule has 4 N–H and O–H groups in total. The number of hydrogen-bond acceptors (Lipinski definition) is 8. The summed E-state index contributed by atoms with van der Waals surface area (Å²) in [7, 11) is -4.27. The summed E-state index contributed by atoms with van der Waals surface area (Å²) in [5.41, 5.74) is 0.848. The average molecular weight is 334 g/mol. The molecule has 1 unspecified atom stereocenters. The summed E-state index contributed by atoms with van der Waals surface area (Å²) in [4.78, 5) is -0.154. The second kappa shape index (κ2) is 6.59. The van der Waals surface area contributed by atoms with Crippen molar-refractivity contribution >= 4 is 10.1 Å². The highest BCUT2D eigenvalue weighted by Gasteiger charge is 2.46. The highest BCUT2D eigenvalue weighted by molar-refractivity contribution is 7.86. The summed E-state index contributed by atoms with van der Waals surface area (Å²) in [6.45, 7) is 1.11. The summed E-state index contributed by atoms with van der Waals surface area (Å²) in [6, 6.07) is 5.78. The van der Waals surface area contributed by atoms with Gasteiger partial charge in [0, 0.05) is 0 Å². The molecule has 0 aliphatic carbocycles. The van der Waals surface area contributed by atoms with Crippen molar-refractivity contribution in [2.75, 3.05) is 6.61 Å². The van der Waals surface area contributed by atoms with Crippen molar-refractivity contribution in [3.8, 4) is 0 Å². The minimum Gasteiger partial charge on any atom is -0.394 e. The van der Waals surface area contributed by atoms with Crippen LogP contribution in [0.3, 0.4) is 0 Å². The molecule has 5 atom stereocenters. The first-order chi connectivity index (χ1) is 10.3.